The summed E-state index contributed by atoms with van der Waals surface area (Å²) >= 11 is 5.84. The molecule has 86 valence electrons. The molecule has 1 aliphatic carbocycles. The summed E-state index contributed by atoms with van der Waals surface area (Å²) < 4.78 is 5.76. The van der Waals surface area contributed by atoms with Crippen LogP contribution >= 0.6 is 11.6 Å². The van der Waals surface area contributed by atoms with Crippen molar-refractivity contribution in [2.24, 2.45) is 0 Å². The molecule has 16 heavy (non-hydrogen) atoms. The highest BCUT2D eigenvalue weighted by Crippen LogP contribution is 2.39. The summed E-state index contributed by atoms with van der Waals surface area (Å²) in [5.74, 6) is -0.171. The number of carboxylic acid groups (broad SMARTS) is 1. The van der Waals surface area contributed by atoms with Crippen molar-refractivity contribution in [1.82, 2.24) is 0 Å². The van der Waals surface area contributed by atoms with Crippen molar-refractivity contribution in [3.05, 3.63) is 29.3 Å². The van der Waals surface area contributed by atoms with Crippen LogP contribution in [0.25, 0.3) is 0 Å². The second kappa shape index (κ2) is 4.34. The molecular weight excluding hydrogens is 228 g/mol. The van der Waals surface area contributed by atoms with Crippen LogP contribution < -0.4 is 4.74 Å². The minimum absolute atomic E-state index is 0.0551. The number of hydrogen-bond acceptors (Lipinski definition) is 2. The molecule has 0 radical (unpaired) electrons. The van der Waals surface area contributed by atoms with E-state index in [0.29, 0.717) is 10.8 Å². The summed E-state index contributed by atoms with van der Waals surface area (Å²) in [6, 6.07) is 7.07. The fourth-order valence-corrected chi connectivity index (χ4v) is 2.12. The Balaban J connectivity index is 2.09. The quantitative estimate of drug-likeness (QED) is 0.880. The van der Waals surface area contributed by atoms with Gasteiger partial charge in [0.1, 0.15) is 11.4 Å². The standard InChI is InChI=1S/C12H13ClO3/c13-9-3-1-4-10(7-9)16-12(5-2-6-12)8-11(14)15/h1,3-4,7H,2,5-6,8H2,(H,14,15). The van der Waals surface area contributed by atoms with Crippen LogP contribution in [0.5, 0.6) is 5.75 Å². The molecule has 1 aromatic carbocycles. The fourth-order valence-electron chi connectivity index (χ4n) is 1.94. The van der Waals surface area contributed by atoms with Gasteiger partial charge in [-0.1, -0.05) is 17.7 Å². The molecule has 0 amide bonds. The Hall–Kier alpha value is -1.22. The second-order valence-electron chi connectivity index (χ2n) is 4.17. The Morgan fingerprint density at radius 3 is 2.75 bits per heavy atom. The van der Waals surface area contributed by atoms with Crippen molar-refractivity contribution < 1.29 is 14.6 Å². The number of halogens is 1. The first-order valence-electron chi connectivity index (χ1n) is 5.26. The molecular formula is C12H13ClO3. The lowest BCUT2D eigenvalue weighted by molar-refractivity contribution is -0.144. The first-order valence-corrected chi connectivity index (χ1v) is 5.64. The minimum Gasteiger partial charge on any atom is -0.487 e. The van der Waals surface area contributed by atoms with E-state index in [0.717, 1.165) is 19.3 Å². The average molecular weight is 241 g/mol. The monoisotopic (exact) mass is 240 g/mol. The summed E-state index contributed by atoms with van der Waals surface area (Å²) in [4.78, 5) is 10.8. The van der Waals surface area contributed by atoms with Crippen LogP contribution in [-0.2, 0) is 4.79 Å². The second-order valence-corrected chi connectivity index (χ2v) is 4.60. The summed E-state index contributed by atoms with van der Waals surface area (Å²) in [6.45, 7) is 0. The summed E-state index contributed by atoms with van der Waals surface area (Å²) in [5.41, 5.74) is -0.517. The van der Waals surface area contributed by atoms with Gasteiger partial charge in [0.05, 0.1) is 6.42 Å². The fraction of sp³-hybridized carbons (Fsp3) is 0.417. The zero-order chi connectivity index (χ0) is 11.6. The van der Waals surface area contributed by atoms with Gasteiger partial charge in [0.25, 0.3) is 0 Å². The summed E-state index contributed by atoms with van der Waals surface area (Å²) in [6.07, 6.45) is 2.67. The smallest absolute Gasteiger partial charge is 0.307 e. The Bertz CT molecular complexity index is 399. The van der Waals surface area contributed by atoms with Gasteiger partial charge in [0, 0.05) is 5.02 Å². The van der Waals surface area contributed by atoms with Gasteiger partial charge in [-0.2, -0.15) is 0 Å². The number of carbonyl (C=O) groups is 1. The van der Waals surface area contributed by atoms with Crippen LogP contribution in [0.1, 0.15) is 25.7 Å². The van der Waals surface area contributed by atoms with Crippen molar-refractivity contribution in [3.8, 4) is 5.75 Å². The molecule has 3 nitrogen and oxygen atoms in total. The minimum atomic E-state index is -0.818. The third kappa shape index (κ3) is 2.47. The summed E-state index contributed by atoms with van der Waals surface area (Å²) in [5, 5.41) is 9.44. The molecule has 0 saturated heterocycles. The molecule has 1 aliphatic rings. The van der Waals surface area contributed by atoms with Gasteiger partial charge in [-0.3, -0.25) is 4.79 Å². The predicted molar refractivity (Wildman–Crippen MR) is 60.9 cm³/mol. The topological polar surface area (TPSA) is 46.5 Å². The van der Waals surface area contributed by atoms with Gasteiger partial charge in [-0.05, 0) is 37.5 Å². The Morgan fingerprint density at radius 2 is 2.25 bits per heavy atom. The lowest BCUT2D eigenvalue weighted by Crippen LogP contribution is -2.45. The van der Waals surface area contributed by atoms with E-state index in [2.05, 4.69) is 0 Å². The van der Waals surface area contributed by atoms with Crippen LogP contribution in [0.3, 0.4) is 0 Å². The number of rotatable bonds is 4. The number of benzene rings is 1. The number of aliphatic carboxylic acids is 1. The van der Waals surface area contributed by atoms with Gasteiger partial charge >= 0.3 is 5.97 Å². The van der Waals surface area contributed by atoms with Crippen molar-refractivity contribution >= 4 is 17.6 Å². The maximum absolute atomic E-state index is 10.8. The summed E-state index contributed by atoms with van der Waals surface area (Å²) in [7, 11) is 0. The third-order valence-corrected chi connectivity index (χ3v) is 3.10. The zero-order valence-electron chi connectivity index (χ0n) is 8.78. The zero-order valence-corrected chi connectivity index (χ0v) is 9.54. The van der Waals surface area contributed by atoms with Gasteiger partial charge in [-0.15, -0.1) is 0 Å². The van der Waals surface area contributed by atoms with Gasteiger partial charge in [0.15, 0.2) is 0 Å². The Kier molecular flexibility index (Phi) is 3.06. The van der Waals surface area contributed by atoms with Crippen molar-refractivity contribution in [2.45, 2.75) is 31.3 Å². The lowest BCUT2D eigenvalue weighted by atomic mass is 9.77. The highest BCUT2D eigenvalue weighted by atomic mass is 35.5. The van der Waals surface area contributed by atoms with E-state index >= 15 is 0 Å². The van der Waals surface area contributed by atoms with E-state index in [-0.39, 0.29) is 6.42 Å². The predicted octanol–water partition coefficient (Wildman–Crippen LogP) is 3.12. The molecule has 1 aromatic rings. The van der Waals surface area contributed by atoms with Crippen molar-refractivity contribution in [2.75, 3.05) is 0 Å². The molecule has 4 heteroatoms. The van der Waals surface area contributed by atoms with E-state index in [1.807, 2.05) is 0 Å². The maximum Gasteiger partial charge on any atom is 0.307 e. The van der Waals surface area contributed by atoms with Crippen molar-refractivity contribution in [3.63, 3.8) is 0 Å². The maximum atomic E-state index is 10.8. The highest BCUT2D eigenvalue weighted by Gasteiger charge is 2.41. The third-order valence-electron chi connectivity index (χ3n) is 2.87. The van der Waals surface area contributed by atoms with Crippen LogP contribution in [-0.4, -0.2) is 16.7 Å². The molecule has 1 saturated carbocycles. The van der Waals surface area contributed by atoms with Crippen LogP contribution in [0.2, 0.25) is 5.02 Å². The number of carboxylic acids is 1. The normalized spacial score (nSPS) is 17.6. The van der Waals surface area contributed by atoms with Crippen LogP contribution in [0.4, 0.5) is 0 Å². The van der Waals surface area contributed by atoms with Gasteiger partial charge in [-0.25, -0.2) is 0 Å². The SMILES string of the molecule is O=C(O)CC1(Oc2cccc(Cl)c2)CCC1. The van der Waals surface area contributed by atoms with Gasteiger partial charge in [0.2, 0.25) is 0 Å². The molecule has 0 spiro atoms. The molecule has 0 heterocycles. The molecule has 0 atom stereocenters. The molecule has 0 bridgehead atoms. The van der Waals surface area contributed by atoms with Crippen LogP contribution in [0.15, 0.2) is 24.3 Å². The first kappa shape index (κ1) is 11.3. The Labute approximate surface area is 99.0 Å². The average Bonchev–Trinajstić information content (AvgIpc) is 2.13. The largest absolute Gasteiger partial charge is 0.487 e. The molecule has 1 fully saturated rings. The molecule has 0 unspecified atom stereocenters. The lowest BCUT2D eigenvalue weighted by Gasteiger charge is -2.40. The first-order chi connectivity index (χ1) is 7.60. The number of hydrogen-bond donors (Lipinski definition) is 1. The van der Waals surface area contributed by atoms with E-state index in [9.17, 15) is 4.79 Å². The Morgan fingerprint density at radius 1 is 1.50 bits per heavy atom. The van der Waals surface area contributed by atoms with Crippen molar-refractivity contribution in [1.29, 1.82) is 0 Å². The van der Waals surface area contributed by atoms with E-state index in [4.69, 9.17) is 21.4 Å². The molecule has 0 aromatic heterocycles. The number of ether oxygens (including phenoxy) is 1. The van der Waals surface area contributed by atoms with E-state index in [1.54, 1.807) is 24.3 Å². The van der Waals surface area contributed by atoms with E-state index < -0.39 is 11.6 Å². The molecule has 0 aliphatic heterocycles. The van der Waals surface area contributed by atoms with Gasteiger partial charge < -0.3 is 9.84 Å². The molecule has 1 N–H and O–H groups in total. The molecule has 2 rings (SSSR count). The van der Waals surface area contributed by atoms with Crippen LogP contribution in [0, 0.1) is 0 Å². The van der Waals surface area contributed by atoms with E-state index in [1.165, 1.54) is 0 Å². The highest BCUT2D eigenvalue weighted by molar-refractivity contribution is 6.30.